The number of methoxy groups -OCH3 is 1. The molecule has 106 valence electrons. The van der Waals surface area contributed by atoms with Crippen molar-refractivity contribution >= 4 is 21.8 Å². The number of nitrogens with one attached hydrogen (secondary N) is 1. The molecule has 1 aromatic heterocycles. The van der Waals surface area contributed by atoms with Crippen LogP contribution in [0.15, 0.2) is 28.7 Å². The molecule has 1 N–H and O–H groups in total. The third-order valence-electron chi connectivity index (χ3n) is 2.75. The highest BCUT2D eigenvalue weighted by Crippen LogP contribution is 2.27. The zero-order chi connectivity index (χ0) is 14.7. The molecular formula is C13H13BrFN3O2. The molecule has 0 atom stereocenters. The predicted molar refractivity (Wildman–Crippen MR) is 75.0 cm³/mol. The molecule has 0 aliphatic carbocycles. The van der Waals surface area contributed by atoms with Crippen molar-refractivity contribution in [3.8, 4) is 5.88 Å². The highest BCUT2D eigenvalue weighted by molar-refractivity contribution is 9.10. The number of aryl methyl sites for hydroxylation is 1. The molecule has 0 spiro atoms. The summed E-state index contributed by atoms with van der Waals surface area (Å²) >= 11 is 3.26. The van der Waals surface area contributed by atoms with Gasteiger partial charge in [-0.3, -0.25) is 4.79 Å². The van der Waals surface area contributed by atoms with E-state index in [9.17, 15) is 9.18 Å². The van der Waals surface area contributed by atoms with Crippen LogP contribution in [0.2, 0.25) is 0 Å². The van der Waals surface area contributed by atoms with Crippen molar-refractivity contribution < 1.29 is 13.9 Å². The van der Waals surface area contributed by atoms with Crippen molar-refractivity contribution in [2.75, 3.05) is 7.11 Å². The summed E-state index contributed by atoms with van der Waals surface area (Å²) in [5.41, 5.74) is 0.612. The number of halogens is 2. The van der Waals surface area contributed by atoms with Crippen LogP contribution in [0.4, 0.5) is 4.39 Å². The minimum atomic E-state index is -0.404. The van der Waals surface area contributed by atoms with E-state index in [1.807, 2.05) is 0 Å². The summed E-state index contributed by atoms with van der Waals surface area (Å²) < 4.78 is 20.5. The Hall–Kier alpha value is -1.89. The van der Waals surface area contributed by atoms with Crippen molar-refractivity contribution in [1.82, 2.24) is 15.1 Å². The van der Waals surface area contributed by atoms with Gasteiger partial charge in [-0.15, -0.1) is 0 Å². The second-order valence-corrected chi connectivity index (χ2v) is 4.86. The Balaban J connectivity index is 2.12. The third-order valence-corrected chi connectivity index (χ3v) is 3.46. The van der Waals surface area contributed by atoms with E-state index < -0.39 is 5.91 Å². The zero-order valence-corrected chi connectivity index (χ0v) is 12.6. The lowest BCUT2D eigenvalue weighted by atomic mass is 10.2. The molecule has 5 nitrogen and oxygen atoms in total. The first kappa shape index (κ1) is 14.5. The van der Waals surface area contributed by atoms with E-state index in [4.69, 9.17) is 4.74 Å². The molecule has 20 heavy (non-hydrogen) atoms. The molecule has 0 unspecified atom stereocenters. The van der Waals surface area contributed by atoms with Crippen LogP contribution in [0.1, 0.15) is 16.1 Å². The summed E-state index contributed by atoms with van der Waals surface area (Å²) in [4.78, 5) is 12.0. The fraction of sp³-hybridized carbons (Fsp3) is 0.231. The number of carbonyl (C=O) groups excluding carboxylic acids is 1. The zero-order valence-electron chi connectivity index (χ0n) is 11.0. The van der Waals surface area contributed by atoms with E-state index >= 15 is 0 Å². The van der Waals surface area contributed by atoms with Gasteiger partial charge >= 0.3 is 0 Å². The van der Waals surface area contributed by atoms with Gasteiger partial charge in [0.1, 0.15) is 10.3 Å². The Morgan fingerprint density at radius 1 is 1.50 bits per heavy atom. The van der Waals surface area contributed by atoms with Gasteiger partial charge in [0, 0.05) is 19.2 Å². The highest BCUT2D eigenvalue weighted by Gasteiger charge is 2.20. The van der Waals surface area contributed by atoms with Crippen LogP contribution < -0.4 is 10.1 Å². The maximum absolute atomic E-state index is 13.4. The van der Waals surface area contributed by atoms with E-state index in [0.717, 1.165) is 0 Å². The van der Waals surface area contributed by atoms with Gasteiger partial charge in [-0.2, -0.15) is 5.10 Å². The predicted octanol–water partition coefficient (Wildman–Crippen LogP) is 2.26. The summed E-state index contributed by atoms with van der Waals surface area (Å²) in [6, 6.07) is 6.27. The monoisotopic (exact) mass is 341 g/mol. The molecule has 1 aromatic carbocycles. The molecule has 0 bridgehead atoms. The molecular weight excluding hydrogens is 329 g/mol. The Morgan fingerprint density at radius 2 is 2.20 bits per heavy atom. The Morgan fingerprint density at radius 3 is 2.80 bits per heavy atom. The molecule has 0 saturated carbocycles. The van der Waals surface area contributed by atoms with E-state index in [1.165, 1.54) is 17.9 Å². The van der Waals surface area contributed by atoms with E-state index in [-0.39, 0.29) is 18.1 Å². The number of hydrogen-bond acceptors (Lipinski definition) is 3. The number of nitrogens with zero attached hydrogens (tertiary/aromatic N) is 2. The van der Waals surface area contributed by atoms with Gasteiger partial charge < -0.3 is 10.1 Å². The van der Waals surface area contributed by atoms with E-state index in [0.29, 0.717) is 15.9 Å². The second-order valence-electron chi connectivity index (χ2n) is 4.07. The van der Waals surface area contributed by atoms with Crippen molar-refractivity contribution in [3.05, 3.63) is 45.8 Å². The van der Waals surface area contributed by atoms with Crippen LogP contribution in [-0.2, 0) is 13.6 Å². The third kappa shape index (κ3) is 2.82. The second kappa shape index (κ2) is 6.04. The smallest absolute Gasteiger partial charge is 0.273 e. The molecule has 2 aromatic rings. The Kier molecular flexibility index (Phi) is 4.39. The first-order chi connectivity index (χ1) is 9.54. The maximum atomic E-state index is 13.4. The summed E-state index contributed by atoms with van der Waals surface area (Å²) in [6.07, 6.45) is 0. The maximum Gasteiger partial charge on any atom is 0.273 e. The van der Waals surface area contributed by atoms with Gasteiger partial charge in [0.15, 0.2) is 5.69 Å². The van der Waals surface area contributed by atoms with Gasteiger partial charge in [0.25, 0.3) is 5.91 Å². The number of benzene rings is 1. The first-order valence-corrected chi connectivity index (χ1v) is 6.62. The number of ether oxygens (including phenoxy) is 1. The van der Waals surface area contributed by atoms with Gasteiger partial charge in [-0.05, 0) is 22.0 Å². The van der Waals surface area contributed by atoms with E-state index in [1.54, 1.807) is 25.2 Å². The number of rotatable bonds is 4. The van der Waals surface area contributed by atoms with E-state index in [2.05, 4.69) is 26.3 Å². The summed E-state index contributed by atoms with van der Waals surface area (Å²) in [7, 11) is 3.15. The van der Waals surface area contributed by atoms with Crippen LogP contribution in [0.5, 0.6) is 5.88 Å². The average Bonchev–Trinajstić information content (AvgIpc) is 2.72. The van der Waals surface area contributed by atoms with Crippen LogP contribution >= 0.6 is 15.9 Å². The highest BCUT2D eigenvalue weighted by atomic mass is 79.9. The molecule has 0 aliphatic heterocycles. The van der Waals surface area contributed by atoms with Crippen LogP contribution in [0, 0.1) is 5.82 Å². The molecule has 0 saturated heterocycles. The molecule has 0 fully saturated rings. The fourth-order valence-electron chi connectivity index (χ4n) is 1.75. The van der Waals surface area contributed by atoms with Crippen molar-refractivity contribution in [2.45, 2.75) is 6.54 Å². The number of carbonyl (C=O) groups is 1. The summed E-state index contributed by atoms with van der Waals surface area (Å²) in [5, 5.41) is 6.68. The quantitative estimate of drug-likeness (QED) is 0.927. The molecule has 7 heteroatoms. The molecule has 2 rings (SSSR count). The molecule has 0 radical (unpaired) electrons. The van der Waals surface area contributed by atoms with Gasteiger partial charge in [0.05, 0.1) is 7.11 Å². The average molecular weight is 342 g/mol. The first-order valence-electron chi connectivity index (χ1n) is 5.82. The lowest BCUT2D eigenvalue weighted by Gasteiger charge is -2.04. The fourth-order valence-corrected chi connectivity index (χ4v) is 2.43. The van der Waals surface area contributed by atoms with Gasteiger partial charge in [-0.1, -0.05) is 18.2 Å². The standard InChI is InChI=1S/C13H13BrFN3O2/c1-18-13(20-2)10(14)11(17-18)12(19)16-7-8-5-3-4-6-9(8)15/h3-6H,7H2,1-2H3,(H,16,19). The summed E-state index contributed by atoms with van der Waals surface area (Å²) in [5.74, 6) is -0.314. The minimum Gasteiger partial charge on any atom is -0.480 e. The number of amides is 1. The minimum absolute atomic E-state index is 0.0941. The lowest BCUT2D eigenvalue weighted by molar-refractivity contribution is 0.0944. The van der Waals surface area contributed by atoms with Crippen LogP contribution in [0.25, 0.3) is 0 Å². The summed E-state index contributed by atoms with van der Waals surface area (Å²) in [6.45, 7) is 0.0941. The Bertz CT molecular complexity index is 643. The topological polar surface area (TPSA) is 56.1 Å². The molecule has 1 amide bonds. The Labute approximate surface area is 123 Å². The molecule has 0 aliphatic rings. The SMILES string of the molecule is COc1c(Br)c(C(=O)NCc2ccccc2F)nn1C. The largest absolute Gasteiger partial charge is 0.480 e. The van der Waals surface area contributed by atoms with Crippen molar-refractivity contribution in [3.63, 3.8) is 0 Å². The normalized spacial score (nSPS) is 10.4. The lowest BCUT2D eigenvalue weighted by Crippen LogP contribution is -2.24. The van der Waals surface area contributed by atoms with Gasteiger partial charge in [0.2, 0.25) is 5.88 Å². The van der Waals surface area contributed by atoms with Crippen LogP contribution in [0.3, 0.4) is 0 Å². The molecule has 1 heterocycles. The number of aromatic nitrogens is 2. The van der Waals surface area contributed by atoms with Gasteiger partial charge in [-0.25, -0.2) is 9.07 Å². The van der Waals surface area contributed by atoms with Crippen molar-refractivity contribution in [2.24, 2.45) is 7.05 Å². The number of hydrogen-bond donors (Lipinski definition) is 1. The van der Waals surface area contributed by atoms with Crippen LogP contribution in [-0.4, -0.2) is 22.8 Å². The van der Waals surface area contributed by atoms with Crippen molar-refractivity contribution in [1.29, 1.82) is 0 Å².